The topological polar surface area (TPSA) is 50.4 Å². The van der Waals surface area contributed by atoms with Crippen LogP contribution >= 0.6 is 0 Å². The van der Waals surface area contributed by atoms with E-state index >= 15 is 0 Å². The third-order valence-electron chi connectivity index (χ3n) is 3.84. The van der Waals surface area contributed by atoms with Gasteiger partial charge in [-0.1, -0.05) is 18.6 Å². The lowest BCUT2D eigenvalue weighted by Crippen LogP contribution is -2.51. The van der Waals surface area contributed by atoms with E-state index in [1.54, 1.807) is 0 Å². The largest absolute Gasteiger partial charge is 0.384 e. The third kappa shape index (κ3) is 4.21. The molecule has 0 bridgehead atoms. The van der Waals surface area contributed by atoms with E-state index in [1.165, 1.54) is 0 Å². The standard InChI is InChI=1S/C17H26N2O2/c1-4-9-18-15-7-6-13(2)11-14(15)16(20)19-17(3)8-5-10-21-12-17/h6-7,11,18H,4-5,8-10,12H2,1-3H3,(H,19,20). The van der Waals surface area contributed by atoms with E-state index in [0.29, 0.717) is 6.61 Å². The van der Waals surface area contributed by atoms with Gasteiger partial charge in [-0.2, -0.15) is 0 Å². The van der Waals surface area contributed by atoms with Gasteiger partial charge in [-0.25, -0.2) is 0 Å². The zero-order valence-electron chi connectivity index (χ0n) is 13.3. The lowest BCUT2D eigenvalue weighted by atomic mass is 9.94. The van der Waals surface area contributed by atoms with Crippen molar-refractivity contribution < 1.29 is 9.53 Å². The molecule has 1 saturated heterocycles. The van der Waals surface area contributed by atoms with Crippen LogP contribution in [0.4, 0.5) is 5.69 Å². The molecule has 0 aromatic heterocycles. The molecule has 116 valence electrons. The molecule has 4 heteroatoms. The Labute approximate surface area is 127 Å². The van der Waals surface area contributed by atoms with Crippen molar-refractivity contribution in [2.24, 2.45) is 0 Å². The smallest absolute Gasteiger partial charge is 0.253 e. The average Bonchev–Trinajstić information content (AvgIpc) is 2.46. The molecule has 2 rings (SSSR count). The molecule has 0 spiro atoms. The molecule has 21 heavy (non-hydrogen) atoms. The van der Waals surface area contributed by atoms with Gasteiger partial charge < -0.3 is 15.4 Å². The fourth-order valence-corrected chi connectivity index (χ4v) is 2.63. The molecule has 2 N–H and O–H groups in total. The number of hydrogen-bond donors (Lipinski definition) is 2. The molecule has 1 aliphatic heterocycles. The van der Waals surface area contributed by atoms with Crippen LogP contribution in [-0.2, 0) is 4.74 Å². The van der Waals surface area contributed by atoms with Crippen LogP contribution < -0.4 is 10.6 Å². The van der Waals surface area contributed by atoms with E-state index in [2.05, 4.69) is 24.5 Å². The minimum absolute atomic E-state index is 0.0229. The molecule has 1 aromatic carbocycles. The van der Waals surface area contributed by atoms with Crippen molar-refractivity contribution in [3.8, 4) is 0 Å². The monoisotopic (exact) mass is 290 g/mol. The predicted molar refractivity (Wildman–Crippen MR) is 85.9 cm³/mol. The summed E-state index contributed by atoms with van der Waals surface area (Å²) in [5.41, 5.74) is 2.45. The van der Waals surface area contributed by atoms with Crippen molar-refractivity contribution in [2.45, 2.75) is 45.6 Å². The summed E-state index contributed by atoms with van der Waals surface area (Å²) >= 11 is 0. The van der Waals surface area contributed by atoms with E-state index in [-0.39, 0.29) is 11.4 Å². The summed E-state index contributed by atoms with van der Waals surface area (Å²) in [4.78, 5) is 12.6. The van der Waals surface area contributed by atoms with Gasteiger partial charge in [0.05, 0.1) is 17.7 Å². The fourth-order valence-electron chi connectivity index (χ4n) is 2.63. The Hall–Kier alpha value is -1.55. The van der Waals surface area contributed by atoms with Crippen LogP contribution in [0.25, 0.3) is 0 Å². The maximum atomic E-state index is 12.6. The molecular formula is C17H26N2O2. The Bertz CT molecular complexity index is 494. The first kappa shape index (κ1) is 15.8. The molecule has 1 atom stereocenters. The highest BCUT2D eigenvalue weighted by Gasteiger charge is 2.30. The number of hydrogen-bond acceptors (Lipinski definition) is 3. The van der Waals surface area contributed by atoms with Crippen molar-refractivity contribution in [3.63, 3.8) is 0 Å². The van der Waals surface area contributed by atoms with Gasteiger partial charge in [-0.15, -0.1) is 0 Å². The summed E-state index contributed by atoms with van der Waals surface area (Å²) in [5.74, 6) is -0.0229. The summed E-state index contributed by atoms with van der Waals surface area (Å²) in [6.07, 6.45) is 2.98. The van der Waals surface area contributed by atoms with Crippen LogP contribution in [0.1, 0.15) is 49.0 Å². The van der Waals surface area contributed by atoms with Crippen molar-refractivity contribution in [1.29, 1.82) is 0 Å². The predicted octanol–water partition coefficient (Wildman–Crippen LogP) is 3.12. The Morgan fingerprint density at radius 1 is 1.43 bits per heavy atom. The minimum atomic E-state index is -0.263. The maximum Gasteiger partial charge on any atom is 0.253 e. The van der Waals surface area contributed by atoms with Crippen LogP contribution in [0, 0.1) is 6.92 Å². The number of nitrogens with one attached hydrogen (secondary N) is 2. The highest BCUT2D eigenvalue weighted by atomic mass is 16.5. The molecule has 0 saturated carbocycles. The van der Waals surface area contributed by atoms with E-state index in [9.17, 15) is 4.79 Å². The number of benzene rings is 1. The van der Waals surface area contributed by atoms with E-state index in [1.807, 2.05) is 25.1 Å². The highest BCUT2D eigenvalue weighted by Crippen LogP contribution is 2.22. The quantitative estimate of drug-likeness (QED) is 0.876. The number of carbonyl (C=O) groups is 1. The summed E-state index contributed by atoms with van der Waals surface area (Å²) in [5, 5.41) is 6.48. The summed E-state index contributed by atoms with van der Waals surface area (Å²) in [6, 6.07) is 5.96. The SMILES string of the molecule is CCCNc1ccc(C)cc1C(=O)NC1(C)CCCOC1. The zero-order valence-corrected chi connectivity index (χ0v) is 13.3. The van der Waals surface area contributed by atoms with Crippen molar-refractivity contribution >= 4 is 11.6 Å². The van der Waals surface area contributed by atoms with Gasteiger partial charge in [0.1, 0.15) is 0 Å². The lowest BCUT2D eigenvalue weighted by molar-refractivity contribution is 0.0273. The van der Waals surface area contributed by atoms with Crippen LogP contribution in [0.5, 0.6) is 0 Å². The van der Waals surface area contributed by atoms with Gasteiger partial charge >= 0.3 is 0 Å². The molecule has 0 aliphatic carbocycles. The number of rotatable bonds is 5. The summed E-state index contributed by atoms with van der Waals surface area (Å²) in [7, 11) is 0. The van der Waals surface area contributed by atoms with Gasteiger partial charge in [0, 0.05) is 18.8 Å². The van der Waals surface area contributed by atoms with Crippen LogP contribution in [0.3, 0.4) is 0 Å². The van der Waals surface area contributed by atoms with Crippen molar-refractivity contribution in [2.75, 3.05) is 25.1 Å². The average molecular weight is 290 g/mol. The minimum Gasteiger partial charge on any atom is -0.384 e. The second-order valence-corrected chi connectivity index (χ2v) is 6.15. The maximum absolute atomic E-state index is 12.6. The van der Waals surface area contributed by atoms with Crippen LogP contribution in [0.15, 0.2) is 18.2 Å². The molecule has 1 heterocycles. The lowest BCUT2D eigenvalue weighted by Gasteiger charge is -2.34. The molecule has 0 radical (unpaired) electrons. The van der Waals surface area contributed by atoms with Gasteiger partial charge in [-0.05, 0) is 45.2 Å². The van der Waals surface area contributed by atoms with E-state index < -0.39 is 0 Å². The van der Waals surface area contributed by atoms with Gasteiger partial charge in [0.25, 0.3) is 5.91 Å². The number of amides is 1. The number of ether oxygens (including phenoxy) is 1. The van der Waals surface area contributed by atoms with Crippen LogP contribution in [-0.4, -0.2) is 31.2 Å². The number of carbonyl (C=O) groups excluding carboxylic acids is 1. The van der Waals surface area contributed by atoms with Crippen molar-refractivity contribution in [3.05, 3.63) is 29.3 Å². The summed E-state index contributed by atoms with van der Waals surface area (Å²) < 4.78 is 5.51. The molecular weight excluding hydrogens is 264 g/mol. The van der Waals surface area contributed by atoms with Crippen LogP contribution in [0.2, 0.25) is 0 Å². The molecule has 1 fully saturated rings. The second-order valence-electron chi connectivity index (χ2n) is 6.15. The molecule has 4 nitrogen and oxygen atoms in total. The first-order chi connectivity index (χ1) is 10.0. The summed E-state index contributed by atoms with van der Waals surface area (Å²) in [6.45, 7) is 8.41. The third-order valence-corrected chi connectivity index (χ3v) is 3.84. The molecule has 1 amide bonds. The Balaban J connectivity index is 2.15. The van der Waals surface area contributed by atoms with E-state index in [0.717, 1.165) is 49.2 Å². The van der Waals surface area contributed by atoms with E-state index in [4.69, 9.17) is 4.74 Å². The van der Waals surface area contributed by atoms with Crippen molar-refractivity contribution in [1.82, 2.24) is 5.32 Å². The number of aryl methyl sites for hydroxylation is 1. The normalized spacial score (nSPS) is 21.9. The fraction of sp³-hybridized carbons (Fsp3) is 0.588. The molecule has 1 aromatic rings. The Kier molecular flexibility index (Phi) is 5.23. The zero-order chi connectivity index (χ0) is 15.3. The molecule has 1 aliphatic rings. The number of anilines is 1. The molecule has 1 unspecified atom stereocenters. The van der Waals surface area contributed by atoms with Gasteiger partial charge in [0.2, 0.25) is 0 Å². The second kappa shape index (κ2) is 6.94. The first-order valence-electron chi connectivity index (χ1n) is 7.79. The highest BCUT2D eigenvalue weighted by molar-refractivity contribution is 6.00. The Morgan fingerprint density at radius 2 is 2.24 bits per heavy atom. The van der Waals surface area contributed by atoms with Gasteiger partial charge in [0.15, 0.2) is 0 Å². The first-order valence-corrected chi connectivity index (χ1v) is 7.79. The Morgan fingerprint density at radius 3 is 2.90 bits per heavy atom. The van der Waals surface area contributed by atoms with Gasteiger partial charge in [-0.3, -0.25) is 4.79 Å².